The third kappa shape index (κ3) is 8.70. The van der Waals surface area contributed by atoms with Crippen LogP contribution in [0.5, 0.6) is 0 Å². The Labute approximate surface area is 205 Å². The summed E-state index contributed by atoms with van der Waals surface area (Å²) >= 11 is 0. The maximum atomic E-state index is 13.7. The van der Waals surface area contributed by atoms with Crippen LogP contribution in [0.25, 0.3) is 0 Å². The summed E-state index contributed by atoms with van der Waals surface area (Å²) in [4.78, 5) is 48.9. The van der Waals surface area contributed by atoms with Gasteiger partial charge in [-0.1, -0.05) is 20.4 Å². The molecule has 1 aromatic rings. The molecule has 0 saturated carbocycles. The van der Waals surface area contributed by atoms with Gasteiger partial charge >= 0.3 is 0 Å². The molecule has 2 atom stereocenters. The Kier molecular flexibility index (Phi) is 10.2. The third-order valence-electron chi connectivity index (χ3n) is 5.52. The first kappa shape index (κ1) is 27.8. The molecular formula is C25H35FN4O5. The van der Waals surface area contributed by atoms with E-state index in [9.17, 15) is 23.6 Å². The summed E-state index contributed by atoms with van der Waals surface area (Å²) in [6, 6.07) is 3.35. The normalized spacial score (nSPS) is 19.8. The second kappa shape index (κ2) is 12.9. The van der Waals surface area contributed by atoms with Gasteiger partial charge in [0.25, 0.3) is 11.8 Å². The summed E-state index contributed by atoms with van der Waals surface area (Å²) in [7, 11) is 0. The van der Waals surface area contributed by atoms with Crippen molar-refractivity contribution in [1.29, 1.82) is 0 Å². The summed E-state index contributed by atoms with van der Waals surface area (Å²) in [6.45, 7) is 12.2. The van der Waals surface area contributed by atoms with Gasteiger partial charge in [0.1, 0.15) is 5.83 Å². The molecule has 2 aliphatic rings. The van der Waals surface area contributed by atoms with E-state index < -0.39 is 11.7 Å². The molecule has 0 bridgehead atoms. The molecule has 2 unspecified atom stereocenters. The number of allylic oxidation sites excluding steroid dienone is 1. The smallest absolute Gasteiger partial charge is 0.289 e. The number of carbonyl (C=O) groups excluding carboxylic acids is 4. The van der Waals surface area contributed by atoms with Crippen LogP contribution < -0.4 is 10.6 Å². The fourth-order valence-corrected chi connectivity index (χ4v) is 3.94. The van der Waals surface area contributed by atoms with Gasteiger partial charge in [0, 0.05) is 52.1 Å². The van der Waals surface area contributed by atoms with Crippen molar-refractivity contribution < 1.29 is 28.0 Å². The highest BCUT2D eigenvalue weighted by atomic mass is 19.1. The van der Waals surface area contributed by atoms with E-state index in [1.807, 2.05) is 13.8 Å². The number of furan rings is 1. The highest BCUT2D eigenvalue weighted by molar-refractivity contribution is 5.96. The number of rotatable bonds is 6. The van der Waals surface area contributed by atoms with Crippen LogP contribution in [0.2, 0.25) is 0 Å². The molecule has 2 saturated heterocycles. The molecule has 9 nitrogen and oxygen atoms in total. The van der Waals surface area contributed by atoms with Crippen LogP contribution in [-0.4, -0.2) is 71.7 Å². The molecule has 35 heavy (non-hydrogen) atoms. The van der Waals surface area contributed by atoms with Gasteiger partial charge in [0.15, 0.2) is 5.76 Å². The van der Waals surface area contributed by atoms with E-state index in [1.54, 1.807) is 17.0 Å². The van der Waals surface area contributed by atoms with Crippen molar-refractivity contribution in [3.63, 3.8) is 0 Å². The van der Waals surface area contributed by atoms with Crippen molar-refractivity contribution in [2.24, 2.45) is 5.92 Å². The summed E-state index contributed by atoms with van der Waals surface area (Å²) < 4.78 is 18.7. The second-order valence-corrected chi connectivity index (χ2v) is 9.09. The number of nitrogens with one attached hydrogen (secondary N) is 2. The summed E-state index contributed by atoms with van der Waals surface area (Å²) in [5.41, 5.74) is -0.114. The Balaban J connectivity index is 0.000000250. The Hall–Kier alpha value is -3.43. The minimum atomic E-state index is -0.567. The summed E-state index contributed by atoms with van der Waals surface area (Å²) in [5.74, 6) is -0.886. The molecule has 4 amide bonds. The van der Waals surface area contributed by atoms with Gasteiger partial charge < -0.3 is 24.9 Å². The Morgan fingerprint density at radius 2 is 1.60 bits per heavy atom. The molecule has 3 rings (SSSR count). The lowest BCUT2D eigenvalue weighted by molar-refractivity contribution is -0.126. The maximum Gasteiger partial charge on any atom is 0.289 e. The fraction of sp³-hybridized carbons (Fsp3) is 0.520. The van der Waals surface area contributed by atoms with Crippen molar-refractivity contribution >= 4 is 23.6 Å². The Bertz CT molecular complexity index is 957. The number of nitrogens with zero attached hydrogens (tertiary/aromatic N) is 2. The molecular weight excluding hydrogens is 455 g/mol. The van der Waals surface area contributed by atoms with Crippen molar-refractivity contribution in [1.82, 2.24) is 20.4 Å². The van der Waals surface area contributed by atoms with Gasteiger partial charge in [0.2, 0.25) is 11.8 Å². The van der Waals surface area contributed by atoms with Crippen LogP contribution in [0.3, 0.4) is 0 Å². The molecule has 0 radical (unpaired) electrons. The van der Waals surface area contributed by atoms with Crippen molar-refractivity contribution in [3.8, 4) is 0 Å². The quantitative estimate of drug-likeness (QED) is 0.470. The van der Waals surface area contributed by atoms with Crippen molar-refractivity contribution in [2.75, 3.05) is 26.2 Å². The maximum absolute atomic E-state index is 13.7. The van der Waals surface area contributed by atoms with E-state index in [0.717, 1.165) is 6.42 Å². The molecule has 3 heterocycles. The van der Waals surface area contributed by atoms with Gasteiger partial charge in [-0.15, -0.1) is 0 Å². The minimum Gasteiger partial charge on any atom is -0.459 e. The molecule has 192 valence electrons. The van der Waals surface area contributed by atoms with Gasteiger partial charge in [-0.3, -0.25) is 19.2 Å². The first-order valence-corrected chi connectivity index (χ1v) is 11.7. The predicted octanol–water partition coefficient (Wildman–Crippen LogP) is 2.42. The standard InChI is InChI=1S/C14H21FN2O2.C11H14N2O3/c1-9(2)7-13(15)10(3)14(19)17-6-5-12(8-17)16-11(4)18;1-8(14)12-9-4-5-13(7-9)11(15)10-3-2-6-16-10/h7,9,12H,3,5-6,8H2,1-2,4H3,(H,16,18);2-3,6,9H,4-5,7H2,1H3,(H,12,14)/b13-7+;. The van der Waals surface area contributed by atoms with Crippen LogP contribution >= 0.6 is 0 Å². The second-order valence-electron chi connectivity index (χ2n) is 9.09. The molecule has 0 aliphatic carbocycles. The third-order valence-corrected chi connectivity index (χ3v) is 5.52. The lowest BCUT2D eigenvalue weighted by Crippen LogP contribution is -2.37. The SMILES string of the molecule is C=C(C(=O)N1CCC(NC(C)=O)C1)/C(F)=C\C(C)C.CC(=O)NC1CCN(C(=O)c2ccco2)C1. The van der Waals surface area contributed by atoms with Crippen molar-refractivity contribution in [2.45, 2.75) is 52.6 Å². The fourth-order valence-electron chi connectivity index (χ4n) is 3.94. The highest BCUT2D eigenvalue weighted by Crippen LogP contribution is 2.19. The number of hydrogen-bond donors (Lipinski definition) is 2. The largest absolute Gasteiger partial charge is 0.459 e. The van der Waals surface area contributed by atoms with Crippen molar-refractivity contribution in [3.05, 3.63) is 48.2 Å². The average molecular weight is 491 g/mol. The van der Waals surface area contributed by atoms with E-state index in [2.05, 4.69) is 17.2 Å². The van der Waals surface area contributed by atoms with Gasteiger partial charge in [-0.2, -0.15) is 0 Å². The van der Waals surface area contributed by atoms with Crippen LogP contribution in [0, 0.1) is 5.92 Å². The lowest BCUT2D eigenvalue weighted by atomic mass is 10.1. The van der Waals surface area contributed by atoms with Gasteiger partial charge in [0.05, 0.1) is 11.8 Å². The molecule has 10 heteroatoms. The first-order valence-electron chi connectivity index (χ1n) is 11.7. The number of carbonyl (C=O) groups is 4. The highest BCUT2D eigenvalue weighted by Gasteiger charge is 2.29. The average Bonchev–Trinajstić information content (AvgIpc) is 3.53. The molecule has 2 N–H and O–H groups in total. The number of amides is 4. The number of likely N-dealkylation sites (tertiary alicyclic amines) is 2. The van der Waals surface area contributed by atoms with E-state index in [1.165, 1.54) is 31.1 Å². The predicted molar refractivity (Wildman–Crippen MR) is 129 cm³/mol. The van der Waals surface area contributed by atoms with Crippen LogP contribution in [0.1, 0.15) is 51.1 Å². The zero-order valence-corrected chi connectivity index (χ0v) is 20.8. The molecule has 0 aromatic carbocycles. The monoisotopic (exact) mass is 490 g/mol. The molecule has 1 aromatic heterocycles. The van der Waals surface area contributed by atoms with Crippen LogP contribution in [-0.2, 0) is 14.4 Å². The first-order chi connectivity index (χ1) is 16.5. The zero-order valence-electron chi connectivity index (χ0n) is 20.8. The Morgan fingerprint density at radius 1 is 1.06 bits per heavy atom. The number of hydrogen-bond acceptors (Lipinski definition) is 5. The topological polar surface area (TPSA) is 112 Å². The Morgan fingerprint density at radius 3 is 2.09 bits per heavy atom. The summed E-state index contributed by atoms with van der Waals surface area (Å²) in [5, 5.41) is 5.56. The van der Waals surface area contributed by atoms with Crippen LogP contribution in [0.4, 0.5) is 4.39 Å². The summed E-state index contributed by atoms with van der Waals surface area (Å²) in [6.07, 6.45) is 4.34. The van der Waals surface area contributed by atoms with E-state index in [4.69, 9.17) is 4.42 Å². The lowest BCUT2D eigenvalue weighted by Gasteiger charge is -2.17. The zero-order chi connectivity index (χ0) is 26.1. The van der Waals surface area contributed by atoms with E-state index in [0.29, 0.717) is 38.4 Å². The van der Waals surface area contributed by atoms with Gasteiger partial charge in [-0.25, -0.2) is 4.39 Å². The van der Waals surface area contributed by atoms with Gasteiger partial charge in [-0.05, 0) is 37.0 Å². The minimum absolute atomic E-state index is 0.0234. The molecule has 2 fully saturated rings. The molecule has 0 spiro atoms. The number of halogens is 1. The molecule has 2 aliphatic heterocycles. The van der Waals surface area contributed by atoms with E-state index >= 15 is 0 Å². The van der Waals surface area contributed by atoms with Crippen LogP contribution in [0.15, 0.2) is 46.9 Å². The van der Waals surface area contributed by atoms with E-state index in [-0.39, 0.29) is 41.3 Å².